The van der Waals surface area contributed by atoms with Gasteiger partial charge >= 0.3 is 5.97 Å². The van der Waals surface area contributed by atoms with Crippen LogP contribution in [0.2, 0.25) is 0 Å². The zero-order chi connectivity index (χ0) is 15.1. The Bertz CT molecular complexity index is 625. The van der Waals surface area contributed by atoms with Gasteiger partial charge in [-0.25, -0.2) is 13.2 Å². The van der Waals surface area contributed by atoms with Gasteiger partial charge in [0.2, 0.25) is 9.84 Å². The summed E-state index contributed by atoms with van der Waals surface area (Å²) in [4.78, 5) is 10.5. The van der Waals surface area contributed by atoms with Gasteiger partial charge in [-0.05, 0) is 30.9 Å². The van der Waals surface area contributed by atoms with Gasteiger partial charge in [0.1, 0.15) is 0 Å². The molecule has 5 nitrogen and oxygen atoms in total. The Kier molecular flexibility index (Phi) is 3.53. The van der Waals surface area contributed by atoms with Crippen LogP contribution in [0, 0.1) is 5.92 Å². The Morgan fingerprint density at radius 2 is 2.00 bits per heavy atom. The van der Waals surface area contributed by atoms with Crippen LogP contribution in [0.25, 0.3) is 0 Å². The molecule has 2 aliphatic rings. The molecule has 6 heteroatoms. The fourth-order valence-corrected chi connectivity index (χ4v) is 5.27. The molecule has 114 valence electrons. The second-order valence-corrected chi connectivity index (χ2v) is 7.75. The van der Waals surface area contributed by atoms with Crippen molar-refractivity contribution in [1.29, 1.82) is 0 Å². The fraction of sp³-hybridized carbons (Fsp3) is 0.533. The first kappa shape index (κ1) is 14.5. The first-order valence-electron chi connectivity index (χ1n) is 7.07. The second kappa shape index (κ2) is 5.10. The van der Waals surface area contributed by atoms with Crippen molar-refractivity contribution >= 4 is 15.8 Å². The van der Waals surface area contributed by atoms with Gasteiger partial charge in [-0.2, -0.15) is 0 Å². The molecule has 3 rings (SSSR count). The predicted octanol–water partition coefficient (Wildman–Crippen LogP) is 1.92. The van der Waals surface area contributed by atoms with E-state index in [0.29, 0.717) is 0 Å². The minimum atomic E-state index is -3.95. The van der Waals surface area contributed by atoms with E-state index in [1.54, 1.807) is 18.2 Å². The molecule has 0 bridgehead atoms. The molecular weight excluding hydrogens is 292 g/mol. The molecule has 21 heavy (non-hydrogen) atoms. The van der Waals surface area contributed by atoms with Crippen molar-refractivity contribution in [3.8, 4) is 0 Å². The average molecular weight is 310 g/mol. The van der Waals surface area contributed by atoms with Crippen LogP contribution in [0.5, 0.6) is 0 Å². The maximum atomic E-state index is 13.0. The van der Waals surface area contributed by atoms with Gasteiger partial charge in [0.25, 0.3) is 4.93 Å². The number of fused-ring (bicyclic) bond motifs is 1. The second-order valence-electron chi connectivity index (χ2n) is 5.61. The normalized spacial score (nSPS) is 31.9. The number of rotatable bonds is 3. The van der Waals surface area contributed by atoms with Crippen molar-refractivity contribution in [2.75, 3.05) is 7.11 Å². The van der Waals surface area contributed by atoms with Crippen molar-refractivity contribution in [2.24, 2.45) is 5.92 Å². The number of ether oxygens (including phenoxy) is 2. The third kappa shape index (κ3) is 2.08. The highest BCUT2D eigenvalue weighted by Gasteiger charge is 2.62. The topological polar surface area (TPSA) is 69.7 Å². The summed E-state index contributed by atoms with van der Waals surface area (Å²) in [6, 6.07) is 7.96. The van der Waals surface area contributed by atoms with Crippen LogP contribution in [-0.2, 0) is 24.1 Å². The summed E-state index contributed by atoms with van der Waals surface area (Å²) in [6.45, 7) is 0. The van der Waals surface area contributed by atoms with Crippen molar-refractivity contribution in [3.63, 3.8) is 0 Å². The molecule has 0 N–H and O–H groups in total. The Hall–Kier alpha value is -1.40. The Morgan fingerprint density at radius 1 is 1.29 bits per heavy atom. The lowest BCUT2D eigenvalue weighted by molar-refractivity contribution is -0.157. The molecule has 0 spiro atoms. The van der Waals surface area contributed by atoms with Crippen LogP contribution in [0.15, 0.2) is 35.2 Å². The molecule has 1 aliphatic heterocycles. The monoisotopic (exact) mass is 310 g/mol. The van der Waals surface area contributed by atoms with Crippen LogP contribution < -0.4 is 0 Å². The minimum absolute atomic E-state index is 0.0929. The molecule has 1 aliphatic carbocycles. The molecule has 3 atom stereocenters. The van der Waals surface area contributed by atoms with Crippen LogP contribution >= 0.6 is 0 Å². The van der Waals surface area contributed by atoms with E-state index < -0.39 is 20.7 Å². The fourth-order valence-electron chi connectivity index (χ4n) is 3.39. The third-order valence-corrected chi connectivity index (χ3v) is 6.64. The van der Waals surface area contributed by atoms with Crippen molar-refractivity contribution in [3.05, 3.63) is 30.3 Å². The number of hydrogen-bond donors (Lipinski definition) is 0. The van der Waals surface area contributed by atoms with Gasteiger partial charge in [-0.1, -0.05) is 24.6 Å². The molecule has 3 unspecified atom stereocenters. The smallest absolute Gasteiger partial charge is 0.354 e. The highest BCUT2D eigenvalue weighted by molar-refractivity contribution is 7.93. The van der Waals surface area contributed by atoms with Gasteiger partial charge in [0, 0.05) is 6.42 Å². The van der Waals surface area contributed by atoms with E-state index in [0.717, 1.165) is 19.3 Å². The molecular formula is C15H18O5S. The average Bonchev–Trinajstić information content (AvgIpc) is 3.07. The van der Waals surface area contributed by atoms with Crippen LogP contribution in [0.3, 0.4) is 0 Å². The first-order valence-corrected chi connectivity index (χ1v) is 8.55. The summed E-state index contributed by atoms with van der Waals surface area (Å²) in [6.07, 6.45) is 2.73. The Morgan fingerprint density at radius 3 is 2.62 bits per heavy atom. The van der Waals surface area contributed by atoms with E-state index in [-0.39, 0.29) is 23.3 Å². The molecule has 0 aromatic heterocycles. The Labute approximate surface area is 124 Å². The number of benzene rings is 1. The Balaban J connectivity index is 2.07. The van der Waals surface area contributed by atoms with E-state index in [4.69, 9.17) is 9.47 Å². The van der Waals surface area contributed by atoms with E-state index >= 15 is 0 Å². The molecule has 0 amide bonds. The van der Waals surface area contributed by atoms with Crippen LogP contribution in [0.1, 0.15) is 25.7 Å². The van der Waals surface area contributed by atoms with Crippen molar-refractivity contribution < 1.29 is 22.7 Å². The highest BCUT2D eigenvalue weighted by Crippen LogP contribution is 2.48. The summed E-state index contributed by atoms with van der Waals surface area (Å²) < 4.78 is 36.5. The number of carbonyl (C=O) groups is 1. The predicted molar refractivity (Wildman–Crippen MR) is 75.2 cm³/mol. The van der Waals surface area contributed by atoms with Gasteiger partial charge in [-0.15, -0.1) is 0 Å². The minimum Gasteiger partial charge on any atom is -0.466 e. The number of sulfone groups is 1. The number of carbonyl (C=O) groups excluding carboxylic acids is 1. The van der Waals surface area contributed by atoms with Crippen LogP contribution in [-0.4, -0.2) is 32.5 Å². The van der Waals surface area contributed by atoms with Crippen molar-refractivity contribution in [2.45, 2.75) is 41.6 Å². The van der Waals surface area contributed by atoms with E-state index in [1.165, 1.54) is 19.2 Å². The molecule has 0 radical (unpaired) electrons. The largest absolute Gasteiger partial charge is 0.466 e. The molecule has 1 saturated carbocycles. The molecule has 1 heterocycles. The third-order valence-electron chi connectivity index (χ3n) is 4.45. The zero-order valence-electron chi connectivity index (χ0n) is 11.8. The quantitative estimate of drug-likeness (QED) is 0.798. The van der Waals surface area contributed by atoms with Gasteiger partial charge in [-0.3, -0.25) is 0 Å². The number of methoxy groups -OCH3 is 1. The van der Waals surface area contributed by atoms with E-state index in [9.17, 15) is 13.2 Å². The summed E-state index contributed by atoms with van der Waals surface area (Å²) in [7, 11) is -2.75. The molecule has 1 saturated heterocycles. The summed E-state index contributed by atoms with van der Waals surface area (Å²) in [5.41, 5.74) is 0. The van der Waals surface area contributed by atoms with Crippen molar-refractivity contribution in [1.82, 2.24) is 0 Å². The van der Waals surface area contributed by atoms with Crippen LogP contribution in [0.4, 0.5) is 0 Å². The van der Waals surface area contributed by atoms with Gasteiger partial charge in [0.05, 0.1) is 18.1 Å². The summed E-state index contributed by atoms with van der Waals surface area (Å²) >= 11 is 0. The molecule has 1 aromatic carbocycles. The van der Waals surface area contributed by atoms with E-state index in [2.05, 4.69) is 0 Å². The lowest BCUT2D eigenvalue weighted by Crippen LogP contribution is -2.47. The van der Waals surface area contributed by atoms with E-state index in [1.807, 2.05) is 0 Å². The summed E-state index contributed by atoms with van der Waals surface area (Å²) in [5, 5.41) is 0. The maximum Gasteiger partial charge on any atom is 0.354 e. The number of hydrogen-bond acceptors (Lipinski definition) is 5. The zero-order valence-corrected chi connectivity index (χ0v) is 12.6. The van der Waals surface area contributed by atoms with Gasteiger partial charge in [0.15, 0.2) is 0 Å². The molecule has 1 aromatic rings. The standard InChI is InChI=1S/C15H18O5S/c1-19-14(16)15(10-11-6-5-9-13(11)20-15)21(17,18)12-7-3-2-4-8-12/h2-4,7-8,11,13H,5-6,9-10H2,1H3. The lowest BCUT2D eigenvalue weighted by atomic mass is 10.0. The number of esters is 1. The summed E-state index contributed by atoms with van der Waals surface area (Å²) in [5.74, 6) is -0.705. The highest BCUT2D eigenvalue weighted by atomic mass is 32.2. The maximum absolute atomic E-state index is 13.0. The molecule has 2 fully saturated rings. The first-order chi connectivity index (χ1) is 10.0. The lowest BCUT2D eigenvalue weighted by Gasteiger charge is -2.26. The van der Waals surface area contributed by atoms with Gasteiger partial charge < -0.3 is 9.47 Å². The SMILES string of the molecule is COC(=O)C1(S(=O)(=O)c2ccccc2)CC2CCCC2O1.